The van der Waals surface area contributed by atoms with Gasteiger partial charge < -0.3 is 14.0 Å². The third-order valence-electron chi connectivity index (χ3n) is 5.88. The van der Waals surface area contributed by atoms with E-state index in [1.165, 1.54) is 0 Å². The van der Waals surface area contributed by atoms with E-state index in [0.29, 0.717) is 17.6 Å². The number of amides is 2. The quantitative estimate of drug-likeness (QED) is 0.169. The predicted octanol–water partition coefficient (Wildman–Crippen LogP) is 5.98. The second kappa shape index (κ2) is 11.0. The molecule has 1 aliphatic carbocycles. The highest BCUT2D eigenvalue weighted by Gasteiger charge is 2.36. The van der Waals surface area contributed by atoms with E-state index in [9.17, 15) is 9.59 Å². The first-order valence-corrected chi connectivity index (χ1v) is 12.2. The minimum Gasteiger partial charge on any atom is -0.444 e. The molecule has 2 heterocycles. The molecule has 2 aromatic heterocycles. The first-order chi connectivity index (χ1) is 18.0. The van der Waals surface area contributed by atoms with Gasteiger partial charge in [0.15, 0.2) is 10.8 Å². The number of allylic oxidation sites excluding steroid dienone is 1. The zero-order valence-electron chi connectivity index (χ0n) is 19.4. The molecule has 1 aliphatic rings. The minimum absolute atomic E-state index is 0.00613. The summed E-state index contributed by atoms with van der Waals surface area (Å²) in [5.74, 6) is 0. The van der Waals surface area contributed by atoms with Crippen LogP contribution >= 0.6 is 23.2 Å². The molecule has 188 valence electrons. The number of carbonyl (C=O) groups excluding carboxylic acids is 2. The second-order valence-electron chi connectivity index (χ2n) is 8.31. The normalized spacial score (nSPS) is 16.6. The van der Waals surface area contributed by atoms with E-state index in [4.69, 9.17) is 32.7 Å². The van der Waals surface area contributed by atoms with Crippen molar-refractivity contribution in [1.82, 2.24) is 24.4 Å². The van der Waals surface area contributed by atoms with Gasteiger partial charge in [0, 0.05) is 0 Å². The highest BCUT2D eigenvalue weighted by molar-refractivity contribution is 6.35. The number of hydrogen-bond acceptors (Lipinski definition) is 7. The van der Waals surface area contributed by atoms with E-state index in [1.54, 1.807) is 17.0 Å². The van der Waals surface area contributed by atoms with E-state index in [2.05, 4.69) is 15.0 Å². The van der Waals surface area contributed by atoms with E-state index < -0.39 is 18.2 Å². The van der Waals surface area contributed by atoms with E-state index >= 15 is 0 Å². The topological polar surface area (TPSA) is 99.4 Å². The fraction of sp³-hybridized carbons (Fsp3) is 0.192. The van der Waals surface area contributed by atoms with Crippen LogP contribution in [0.3, 0.4) is 0 Å². The molecule has 5 rings (SSSR count). The molecule has 0 aliphatic heterocycles. The summed E-state index contributed by atoms with van der Waals surface area (Å²) in [6.45, 7) is 0.0319. The van der Waals surface area contributed by atoms with Crippen molar-refractivity contribution in [2.24, 2.45) is 0 Å². The van der Waals surface area contributed by atoms with Gasteiger partial charge in [-0.1, -0.05) is 84.4 Å². The number of rotatable bonds is 6. The molecule has 11 heteroatoms. The number of fused-ring (bicyclic) bond motifs is 1. The summed E-state index contributed by atoms with van der Waals surface area (Å²) in [6, 6.07) is 17.5. The summed E-state index contributed by atoms with van der Waals surface area (Å²) in [5.41, 5.74) is 2.45. The highest BCUT2D eigenvalue weighted by Crippen LogP contribution is 2.31. The number of nitrogens with zero attached hydrogens (tertiary/aromatic N) is 5. The first-order valence-electron chi connectivity index (χ1n) is 11.4. The van der Waals surface area contributed by atoms with Crippen molar-refractivity contribution in [1.29, 1.82) is 0 Å². The number of imide groups is 1. The number of hydrogen-bond donors (Lipinski definition) is 0. The number of imidazole rings is 1. The fourth-order valence-corrected chi connectivity index (χ4v) is 4.50. The summed E-state index contributed by atoms with van der Waals surface area (Å²) in [5, 5.41) is 0.135. The summed E-state index contributed by atoms with van der Waals surface area (Å²) < 4.78 is 12.7. The lowest BCUT2D eigenvalue weighted by Gasteiger charge is -2.25. The maximum atomic E-state index is 13.1. The average molecular weight is 538 g/mol. The van der Waals surface area contributed by atoms with Crippen molar-refractivity contribution in [3.05, 3.63) is 101 Å². The number of ether oxygens (including phenoxy) is 2. The third kappa shape index (κ3) is 5.58. The monoisotopic (exact) mass is 537 g/mol. The first kappa shape index (κ1) is 24.7. The highest BCUT2D eigenvalue weighted by atomic mass is 35.5. The standard InChI is InChI=1S/C26H21Cl2N5O4/c27-22-21-23(31-24(28)30-22)32(16-29-21)19-11-12-20(13-19)33(25(34)36-14-17-7-3-1-4-8-17)26(35)37-15-18-9-5-2-6-10-18/h1-12,16,19-20H,13-15H2. The lowest BCUT2D eigenvalue weighted by atomic mass is 10.2. The number of halogens is 2. The van der Waals surface area contributed by atoms with Crippen LogP contribution in [0.4, 0.5) is 9.59 Å². The third-order valence-corrected chi connectivity index (χ3v) is 6.32. The Labute approximate surface area is 222 Å². The molecule has 0 spiro atoms. The molecular weight excluding hydrogens is 517 g/mol. The van der Waals surface area contributed by atoms with Gasteiger partial charge in [0.05, 0.1) is 18.4 Å². The maximum absolute atomic E-state index is 13.1. The summed E-state index contributed by atoms with van der Waals surface area (Å²) >= 11 is 12.2. The Morgan fingerprint density at radius 2 is 1.49 bits per heavy atom. The van der Waals surface area contributed by atoms with Crippen molar-refractivity contribution in [3.8, 4) is 0 Å². The van der Waals surface area contributed by atoms with Crippen LogP contribution in [-0.4, -0.2) is 42.6 Å². The van der Waals surface area contributed by atoms with Crippen LogP contribution in [-0.2, 0) is 22.7 Å². The lowest BCUT2D eigenvalue weighted by molar-refractivity contribution is 0.0612. The van der Waals surface area contributed by atoms with Crippen molar-refractivity contribution >= 4 is 46.6 Å². The molecule has 0 radical (unpaired) electrons. The maximum Gasteiger partial charge on any atom is 0.420 e. The molecule has 2 unspecified atom stereocenters. The van der Waals surface area contributed by atoms with Gasteiger partial charge >= 0.3 is 12.2 Å². The van der Waals surface area contributed by atoms with Crippen LogP contribution in [0.15, 0.2) is 79.1 Å². The van der Waals surface area contributed by atoms with Gasteiger partial charge in [0.1, 0.15) is 18.7 Å². The van der Waals surface area contributed by atoms with Gasteiger partial charge in [-0.2, -0.15) is 4.98 Å². The van der Waals surface area contributed by atoms with Gasteiger partial charge in [-0.25, -0.2) is 24.5 Å². The van der Waals surface area contributed by atoms with Crippen LogP contribution in [0, 0.1) is 0 Å². The SMILES string of the molecule is O=C(OCc1ccccc1)N(C(=O)OCc1ccccc1)C1C=CC(n2cnc3c(Cl)nc(Cl)nc32)C1. The minimum atomic E-state index is -0.805. The number of benzene rings is 2. The average Bonchev–Trinajstić information content (AvgIpc) is 3.55. The van der Waals surface area contributed by atoms with Crippen molar-refractivity contribution < 1.29 is 19.1 Å². The van der Waals surface area contributed by atoms with Gasteiger partial charge in [0.25, 0.3) is 0 Å². The number of carbonyl (C=O) groups is 2. The van der Waals surface area contributed by atoms with Crippen molar-refractivity contribution in [2.75, 3.05) is 0 Å². The molecule has 0 saturated carbocycles. The van der Waals surface area contributed by atoms with Gasteiger partial charge in [-0.15, -0.1) is 0 Å². The fourth-order valence-electron chi connectivity index (χ4n) is 4.08. The Kier molecular flexibility index (Phi) is 7.34. The van der Waals surface area contributed by atoms with E-state index in [0.717, 1.165) is 16.0 Å². The molecular formula is C26H21Cl2N5O4. The molecule has 0 N–H and O–H groups in total. The van der Waals surface area contributed by atoms with Crippen LogP contribution in [0.5, 0.6) is 0 Å². The summed E-state index contributed by atoms with van der Waals surface area (Å²) in [7, 11) is 0. The zero-order chi connectivity index (χ0) is 25.8. The Hall–Kier alpha value is -3.95. The van der Waals surface area contributed by atoms with Gasteiger partial charge in [0.2, 0.25) is 5.28 Å². The van der Waals surface area contributed by atoms with Gasteiger partial charge in [-0.3, -0.25) is 0 Å². The van der Waals surface area contributed by atoms with E-state index in [1.807, 2.05) is 66.7 Å². The second-order valence-corrected chi connectivity index (χ2v) is 9.01. The smallest absolute Gasteiger partial charge is 0.420 e. The van der Waals surface area contributed by atoms with Gasteiger partial charge in [-0.05, 0) is 29.1 Å². The zero-order valence-corrected chi connectivity index (χ0v) is 20.9. The Bertz CT molecular complexity index is 1390. The lowest BCUT2D eigenvalue weighted by Crippen LogP contribution is -2.44. The molecule has 0 bridgehead atoms. The van der Waals surface area contributed by atoms with Crippen LogP contribution in [0.25, 0.3) is 11.2 Å². The van der Waals surface area contributed by atoms with Crippen molar-refractivity contribution in [3.63, 3.8) is 0 Å². The summed E-state index contributed by atoms with van der Waals surface area (Å²) in [4.78, 5) is 39.7. The molecule has 0 fully saturated rings. The molecule has 2 aromatic carbocycles. The Balaban J connectivity index is 1.35. The molecule has 4 aromatic rings. The molecule has 0 saturated heterocycles. The van der Waals surface area contributed by atoms with Crippen LogP contribution in [0.1, 0.15) is 23.6 Å². The number of aromatic nitrogens is 4. The summed E-state index contributed by atoms with van der Waals surface area (Å²) in [6.07, 6.45) is 3.94. The van der Waals surface area contributed by atoms with Crippen LogP contribution in [0.2, 0.25) is 10.4 Å². The Morgan fingerprint density at radius 3 is 2.08 bits per heavy atom. The molecule has 2 atom stereocenters. The largest absolute Gasteiger partial charge is 0.444 e. The molecule has 37 heavy (non-hydrogen) atoms. The predicted molar refractivity (Wildman–Crippen MR) is 137 cm³/mol. The molecule has 2 amide bonds. The van der Waals surface area contributed by atoms with Crippen molar-refractivity contribution in [2.45, 2.75) is 31.7 Å². The van der Waals surface area contributed by atoms with Crippen LogP contribution < -0.4 is 0 Å². The molecule has 9 nitrogen and oxygen atoms in total. The van der Waals surface area contributed by atoms with E-state index in [-0.39, 0.29) is 29.7 Å². The Morgan fingerprint density at radius 1 is 0.892 bits per heavy atom.